The molecule has 35 heavy (non-hydrogen) atoms. The van der Waals surface area contributed by atoms with Crippen molar-refractivity contribution in [2.75, 3.05) is 0 Å². The molecule has 0 aliphatic heterocycles. The highest BCUT2D eigenvalue weighted by molar-refractivity contribution is 6.20. The second-order valence-electron chi connectivity index (χ2n) is 8.80. The van der Waals surface area contributed by atoms with Crippen LogP contribution in [0, 0.1) is 19.8 Å². The number of amides is 1. The average Bonchev–Trinajstić information content (AvgIpc) is 3.42. The van der Waals surface area contributed by atoms with Gasteiger partial charge < -0.3 is 9.52 Å². The molecule has 1 aliphatic carbocycles. The second-order valence-corrected chi connectivity index (χ2v) is 8.80. The zero-order valence-corrected chi connectivity index (χ0v) is 19.0. The van der Waals surface area contributed by atoms with E-state index in [0.717, 1.165) is 36.1 Å². The largest absolute Gasteiger partial charge is 0.494 e. The zero-order valence-electron chi connectivity index (χ0n) is 19.0. The van der Waals surface area contributed by atoms with Crippen LogP contribution in [0.3, 0.4) is 0 Å². The number of alkyl halides is 3. The normalized spacial score (nSPS) is 14.5. The third kappa shape index (κ3) is 4.29. The molecule has 0 radical (unpaired) electrons. The summed E-state index contributed by atoms with van der Waals surface area (Å²) in [6.07, 6.45) is -1.61. The Morgan fingerprint density at radius 2 is 1.83 bits per heavy atom. The van der Waals surface area contributed by atoms with E-state index in [4.69, 9.17) is 4.42 Å². The number of hydrogen-bond donors (Lipinski definition) is 2. The maximum Gasteiger partial charge on any atom is 0.416 e. The molecular formula is C26H22F3N3O3. The van der Waals surface area contributed by atoms with Crippen LogP contribution < -0.4 is 5.43 Å². The lowest BCUT2D eigenvalue weighted by molar-refractivity contribution is -0.137. The minimum Gasteiger partial charge on any atom is -0.494 e. The first-order valence-electron chi connectivity index (χ1n) is 11.1. The number of aromatic nitrogens is 1. The number of nitrogens with one attached hydrogen (secondary N) is 1. The van der Waals surface area contributed by atoms with Crippen molar-refractivity contribution in [3.8, 4) is 11.6 Å². The Hall–Kier alpha value is -4.01. The number of aromatic hydroxyl groups is 1. The molecular weight excluding hydrogens is 459 g/mol. The maximum atomic E-state index is 13.6. The van der Waals surface area contributed by atoms with Crippen molar-refractivity contribution < 1.29 is 27.5 Å². The first-order chi connectivity index (χ1) is 16.6. The van der Waals surface area contributed by atoms with Gasteiger partial charge in [0.05, 0.1) is 22.9 Å². The van der Waals surface area contributed by atoms with Gasteiger partial charge in [0, 0.05) is 17.0 Å². The van der Waals surface area contributed by atoms with E-state index in [-0.39, 0.29) is 40.3 Å². The molecule has 6 nitrogen and oxygen atoms in total. The molecule has 0 unspecified atom stereocenters. The van der Waals surface area contributed by atoms with Gasteiger partial charge in [-0.05, 0) is 74.2 Å². The lowest BCUT2D eigenvalue weighted by Crippen LogP contribution is -2.21. The summed E-state index contributed by atoms with van der Waals surface area (Å²) in [7, 11) is 0. The van der Waals surface area contributed by atoms with Crippen molar-refractivity contribution in [3.05, 3.63) is 82.8 Å². The summed E-state index contributed by atoms with van der Waals surface area (Å²) in [5, 5.41) is 16.0. The highest BCUT2D eigenvalue weighted by Crippen LogP contribution is 2.40. The van der Waals surface area contributed by atoms with E-state index in [2.05, 4.69) is 10.5 Å². The van der Waals surface area contributed by atoms with Crippen LogP contribution in [0.25, 0.3) is 16.6 Å². The van der Waals surface area contributed by atoms with E-state index >= 15 is 0 Å². The highest BCUT2D eigenvalue weighted by Gasteiger charge is 2.33. The predicted molar refractivity (Wildman–Crippen MR) is 125 cm³/mol. The fraction of sp³-hybridized carbons (Fsp3) is 0.231. The molecule has 1 aliphatic rings. The summed E-state index contributed by atoms with van der Waals surface area (Å²) in [5.74, 6) is -0.446. The third-order valence-electron chi connectivity index (χ3n) is 5.95. The number of halogens is 3. The molecule has 2 N–H and O–H groups in total. The van der Waals surface area contributed by atoms with E-state index in [1.165, 1.54) is 16.9 Å². The number of carbonyl (C=O) groups excluding carboxylic acids is 1. The summed E-state index contributed by atoms with van der Waals surface area (Å²) in [5.41, 5.74) is 4.33. The fourth-order valence-corrected chi connectivity index (χ4v) is 4.22. The van der Waals surface area contributed by atoms with Crippen LogP contribution in [0.4, 0.5) is 13.2 Å². The molecule has 4 aromatic rings. The molecule has 0 saturated heterocycles. The Morgan fingerprint density at radius 3 is 2.43 bits per heavy atom. The van der Waals surface area contributed by atoms with Crippen LogP contribution in [0.2, 0.25) is 0 Å². The lowest BCUT2D eigenvalue weighted by atomic mass is 10.0. The zero-order chi connectivity index (χ0) is 24.9. The number of hydrogen-bond acceptors (Lipinski definition) is 4. The van der Waals surface area contributed by atoms with Gasteiger partial charge in [0.15, 0.2) is 5.76 Å². The van der Waals surface area contributed by atoms with E-state index in [1.54, 1.807) is 24.3 Å². The number of aryl methyl sites for hydroxylation is 2. The standard InChI is InChI=1S/C26H22F3N3O3/c1-14-10-15(2)12-18(11-14)32-20-13-17(26(27,28)29)7-8-19(20)22(25(32)34)23(21-4-3-9-35-21)30-31-24(33)16-5-6-16/h3-4,7-13,16,34H,5-6H2,1-2H3,(H,31,33)/b30-23-. The topological polar surface area (TPSA) is 79.8 Å². The number of fused-ring (bicyclic) bond motifs is 1. The van der Waals surface area contributed by atoms with Crippen LogP contribution in [0.1, 0.15) is 40.9 Å². The Bertz CT molecular complexity index is 1440. The van der Waals surface area contributed by atoms with Crippen LogP contribution in [-0.4, -0.2) is 21.3 Å². The fourth-order valence-electron chi connectivity index (χ4n) is 4.22. The summed E-state index contributed by atoms with van der Waals surface area (Å²) < 4.78 is 47.7. The molecule has 2 heterocycles. The number of rotatable bonds is 5. The molecule has 1 fully saturated rings. The Labute approximate surface area is 198 Å². The molecule has 1 amide bonds. The SMILES string of the molecule is Cc1cc(C)cc(-n2c(O)c(/C(=N\NC(=O)C3CC3)c3ccco3)c3ccc(C(F)(F)F)cc32)c1. The van der Waals surface area contributed by atoms with Gasteiger partial charge in [0.1, 0.15) is 5.71 Å². The number of furan rings is 1. The van der Waals surface area contributed by atoms with Gasteiger partial charge in [0.25, 0.3) is 0 Å². The van der Waals surface area contributed by atoms with Gasteiger partial charge in [-0.15, -0.1) is 0 Å². The van der Waals surface area contributed by atoms with Crippen molar-refractivity contribution in [1.29, 1.82) is 0 Å². The Morgan fingerprint density at radius 1 is 1.11 bits per heavy atom. The minimum absolute atomic E-state index is 0.106. The van der Waals surface area contributed by atoms with Crippen molar-refractivity contribution in [3.63, 3.8) is 0 Å². The monoisotopic (exact) mass is 481 g/mol. The van der Waals surface area contributed by atoms with Crippen LogP contribution in [0.15, 0.2) is 64.3 Å². The first kappa shape index (κ1) is 22.8. The molecule has 2 aromatic carbocycles. The summed E-state index contributed by atoms with van der Waals surface area (Å²) in [4.78, 5) is 12.3. The summed E-state index contributed by atoms with van der Waals surface area (Å²) in [6.45, 7) is 3.73. The van der Waals surface area contributed by atoms with E-state index in [9.17, 15) is 23.1 Å². The van der Waals surface area contributed by atoms with Crippen LogP contribution in [-0.2, 0) is 11.0 Å². The Balaban J connectivity index is 1.79. The summed E-state index contributed by atoms with van der Waals surface area (Å²) in [6, 6.07) is 12.0. The summed E-state index contributed by atoms with van der Waals surface area (Å²) >= 11 is 0. The number of hydrazone groups is 1. The predicted octanol–water partition coefficient (Wildman–Crippen LogP) is 5.84. The molecule has 1 saturated carbocycles. The maximum absolute atomic E-state index is 13.6. The van der Waals surface area contributed by atoms with Gasteiger partial charge in [0.2, 0.25) is 11.8 Å². The first-order valence-corrected chi connectivity index (χ1v) is 11.1. The number of carbonyl (C=O) groups is 1. The van der Waals surface area contributed by atoms with Crippen molar-refractivity contribution in [2.24, 2.45) is 11.0 Å². The van der Waals surface area contributed by atoms with Crippen molar-refractivity contribution >= 4 is 22.5 Å². The molecule has 180 valence electrons. The van der Waals surface area contributed by atoms with Gasteiger partial charge in [-0.2, -0.15) is 18.3 Å². The lowest BCUT2D eigenvalue weighted by Gasteiger charge is -2.11. The molecule has 0 spiro atoms. The van der Waals surface area contributed by atoms with E-state index < -0.39 is 11.7 Å². The highest BCUT2D eigenvalue weighted by atomic mass is 19.4. The van der Waals surface area contributed by atoms with Gasteiger partial charge in [-0.25, -0.2) is 5.43 Å². The number of benzene rings is 2. The smallest absolute Gasteiger partial charge is 0.416 e. The molecule has 5 rings (SSSR count). The minimum atomic E-state index is -4.57. The Kier molecular flexibility index (Phi) is 5.42. The van der Waals surface area contributed by atoms with Crippen LogP contribution in [0.5, 0.6) is 5.88 Å². The van der Waals surface area contributed by atoms with Crippen molar-refractivity contribution in [2.45, 2.75) is 32.9 Å². The van der Waals surface area contributed by atoms with Gasteiger partial charge >= 0.3 is 6.18 Å². The average molecular weight is 481 g/mol. The van der Waals surface area contributed by atoms with Gasteiger partial charge in [-0.1, -0.05) is 12.1 Å². The quantitative estimate of drug-likeness (QED) is 0.278. The third-order valence-corrected chi connectivity index (χ3v) is 5.95. The van der Waals surface area contributed by atoms with Crippen molar-refractivity contribution in [1.82, 2.24) is 9.99 Å². The molecule has 0 bridgehead atoms. The number of nitrogens with zero attached hydrogens (tertiary/aromatic N) is 2. The second kappa shape index (κ2) is 8.33. The molecule has 0 atom stereocenters. The van der Waals surface area contributed by atoms with Gasteiger partial charge in [-0.3, -0.25) is 9.36 Å². The van der Waals surface area contributed by atoms with E-state index in [0.29, 0.717) is 11.1 Å². The molecule has 2 aromatic heterocycles. The molecule has 9 heteroatoms. The van der Waals surface area contributed by atoms with E-state index in [1.807, 2.05) is 19.9 Å². The van der Waals surface area contributed by atoms with Crippen LogP contribution >= 0.6 is 0 Å².